The van der Waals surface area contributed by atoms with Crippen molar-refractivity contribution in [2.24, 2.45) is 11.8 Å². The van der Waals surface area contributed by atoms with Gasteiger partial charge in [-0.25, -0.2) is 0 Å². The number of hydrogen-bond donors (Lipinski definition) is 1. The van der Waals surface area contributed by atoms with Gasteiger partial charge in [0.25, 0.3) is 5.69 Å². The molecule has 0 spiro atoms. The molecule has 1 aromatic carbocycles. The molecule has 0 radical (unpaired) electrons. The van der Waals surface area contributed by atoms with Gasteiger partial charge in [-0.1, -0.05) is 12.1 Å². The molecule has 1 aliphatic carbocycles. The van der Waals surface area contributed by atoms with Gasteiger partial charge < -0.3 is 5.11 Å². The summed E-state index contributed by atoms with van der Waals surface area (Å²) in [5.41, 5.74) is 1.23. The molecule has 1 N–H and O–H groups in total. The van der Waals surface area contributed by atoms with Gasteiger partial charge in [0.15, 0.2) is 0 Å². The predicted molar refractivity (Wildman–Crippen MR) is 70.6 cm³/mol. The Kier molecular flexibility index (Phi) is 3.24. The van der Waals surface area contributed by atoms with Crippen LogP contribution >= 0.6 is 0 Å². The van der Waals surface area contributed by atoms with Crippen molar-refractivity contribution in [2.75, 3.05) is 13.1 Å². The van der Waals surface area contributed by atoms with Gasteiger partial charge in [-0.3, -0.25) is 15.0 Å². The maximum atomic E-state index is 10.6. The number of nitro benzene ring substituents is 1. The first kappa shape index (κ1) is 12.6. The van der Waals surface area contributed by atoms with Crippen LogP contribution in [0.3, 0.4) is 0 Å². The second kappa shape index (κ2) is 4.90. The van der Waals surface area contributed by atoms with Crippen molar-refractivity contribution in [1.29, 1.82) is 0 Å². The van der Waals surface area contributed by atoms with Crippen LogP contribution in [-0.4, -0.2) is 34.1 Å². The van der Waals surface area contributed by atoms with Crippen molar-refractivity contribution in [1.82, 2.24) is 4.90 Å². The van der Waals surface area contributed by atoms with E-state index in [-0.39, 0.29) is 16.7 Å². The zero-order valence-electron chi connectivity index (χ0n) is 10.7. The van der Waals surface area contributed by atoms with Gasteiger partial charge in [-0.2, -0.15) is 0 Å². The monoisotopic (exact) mass is 262 g/mol. The highest BCUT2D eigenvalue weighted by Crippen LogP contribution is 2.38. The van der Waals surface area contributed by atoms with Crippen LogP contribution in [0.2, 0.25) is 0 Å². The Morgan fingerprint density at radius 1 is 1.26 bits per heavy atom. The summed E-state index contributed by atoms with van der Waals surface area (Å²) in [6.45, 7) is 2.80. The first-order chi connectivity index (χ1) is 9.13. The average molecular weight is 262 g/mol. The molecule has 1 saturated carbocycles. The lowest BCUT2D eigenvalue weighted by molar-refractivity contribution is -0.384. The first-order valence-electron chi connectivity index (χ1n) is 6.77. The fourth-order valence-electron chi connectivity index (χ4n) is 3.44. The van der Waals surface area contributed by atoms with Crippen LogP contribution < -0.4 is 0 Å². The highest BCUT2D eigenvalue weighted by Gasteiger charge is 2.41. The molecule has 102 valence electrons. The minimum atomic E-state index is -0.375. The number of fused-ring (bicyclic) bond motifs is 1. The Labute approximate surface area is 112 Å². The van der Waals surface area contributed by atoms with Crippen LogP contribution in [0, 0.1) is 22.0 Å². The van der Waals surface area contributed by atoms with E-state index in [1.807, 2.05) is 12.1 Å². The van der Waals surface area contributed by atoms with E-state index >= 15 is 0 Å². The molecular weight excluding hydrogens is 244 g/mol. The van der Waals surface area contributed by atoms with Gasteiger partial charge >= 0.3 is 0 Å². The molecule has 2 aliphatic rings. The van der Waals surface area contributed by atoms with Crippen molar-refractivity contribution in [3.05, 3.63) is 39.9 Å². The lowest BCUT2D eigenvalue weighted by Crippen LogP contribution is -2.24. The standard InChI is InChI=1S/C14H18N2O3/c17-14-6-3-11-8-15(9-13(11)14)7-10-1-4-12(5-2-10)16(18)19/h1-2,4-5,11,13-14,17H,3,6-9H2. The van der Waals surface area contributed by atoms with E-state index in [1.165, 1.54) is 0 Å². The number of aliphatic hydroxyl groups is 1. The highest BCUT2D eigenvalue weighted by molar-refractivity contribution is 5.32. The molecule has 0 aromatic heterocycles. The summed E-state index contributed by atoms with van der Waals surface area (Å²) in [4.78, 5) is 12.6. The first-order valence-corrected chi connectivity index (χ1v) is 6.77. The van der Waals surface area contributed by atoms with Crippen molar-refractivity contribution in [3.63, 3.8) is 0 Å². The summed E-state index contributed by atoms with van der Waals surface area (Å²) in [5.74, 6) is 1.06. The van der Waals surface area contributed by atoms with Crippen molar-refractivity contribution in [3.8, 4) is 0 Å². The van der Waals surface area contributed by atoms with Gasteiger partial charge in [0.05, 0.1) is 11.0 Å². The number of benzene rings is 1. The average Bonchev–Trinajstić information content (AvgIpc) is 2.93. The Balaban J connectivity index is 1.62. The zero-order chi connectivity index (χ0) is 13.4. The summed E-state index contributed by atoms with van der Waals surface area (Å²) in [7, 11) is 0. The number of hydrogen-bond acceptors (Lipinski definition) is 4. The van der Waals surface area contributed by atoms with E-state index in [0.717, 1.165) is 38.0 Å². The number of non-ortho nitro benzene ring substituents is 1. The minimum Gasteiger partial charge on any atom is -0.393 e. The van der Waals surface area contributed by atoms with E-state index in [1.54, 1.807) is 12.1 Å². The lowest BCUT2D eigenvalue weighted by Gasteiger charge is -2.17. The molecule has 5 nitrogen and oxygen atoms in total. The number of aliphatic hydroxyl groups excluding tert-OH is 1. The molecule has 3 unspecified atom stereocenters. The fraction of sp³-hybridized carbons (Fsp3) is 0.571. The second-order valence-corrected chi connectivity index (χ2v) is 5.69. The van der Waals surface area contributed by atoms with Crippen molar-refractivity contribution < 1.29 is 10.0 Å². The maximum absolute atomic E-state index is 10.6. The van der Waals surface area contributed by atoms with E-state index in [2.05, 4.69) is 4.90 Å². The quantitative estimate of drug-likeness (QED) is 0.666. The number of rotatable bonds is 3. The lowest BCUT2D eigenvalue weighted by atomic mass is 10.00. The van der Waals surface area contributed by atoms with Gasteiger partial charge in [-0.05, 0) is 24.3 Å². The summed E-state index contributed by atoms with van der Waals surface area (Å²) in [6, 6.07) is 6.76. The van der Waals surface area contributed by atoms with Crippen LogP contribution in [0.4, 0.5) is 5.69 Å². The Morgan fingerprint density at radius 3 is 2.63 bits per heavy atom. The van der Waals surface area contributed by atoms with Crippen LogP contribution in [0.15, 0.2) is 24.3 Å². The molecule has 2 fully saturated rings. The van der Waals surface area contributed by atoms with Crippen molar-refractivity contribution in [2.45, 2.75) is 25.5 Å². The van der Waals surface area contributed by atoms with Crippen molar-refractivity contribution >= 4 is 5.69 Å². The molecule has 1 aromatic rings. The molecule has 3 rings (SSSR count). The number of nitro groups is 1. The fourth-order valence-corrected chi connectivity index (χ4v) is 3.44. The third-order valence-corrected chi connectivity index (χ3v) is 4.45. The zero-order valence-corrected chi connectivity index (χ0v) is 10.7. The van der Waals surface area contributed by atoms with E-state index in [4.69, 9.17) is 0 Å². The molecule has 3 atom stereocenters. The summed E-state index contributed by atoms with van der Waals surface area (Å²) >= 11 is 0. The number of likely N-dealkylation sites (tertiary alicyclic amines) is 1. The largest absolute Gasteiger partial charge is 0.393 e. The molecule has 1 aliphatic heterocycles. The molecule has 5 heteroatoms. The van der Waals surface area contributed by atoms with E-state index in [9.17, 15) is 15.2 Å². The summed E-state index contributed by atoms with van der Waals surface area (Å²) < 4.78 is 0. The van der Waals surface area contributed by atoms with Gasteiger partial charge in [-0.15, -0.1) is 0 Å². The van der Waals surface area contributed by atoms with E-state index < -0.39 is 0 Å². The van der Waals surface area contributed by atoms with E-state index in [0.29, 0.717) is 11.8 Å². The SMILES string of the molecule is O=[N+]([O-])c1ccc(CN2CC3CCC(O)C3C2)cc1. The van der Waals surface area contributed by atoms with Crippen LogP contribution in [-0.2, 0) is 6.54 Å². The Morgan fingerprint density at radius 2 is 2.00 bits per heavy atom. The second-order valence-electron chi connectivity index (χ2n) is 5.69. The summed E-state index contributed by atoms with van der Waals surface area (Å²) in [6.07, 6.45) is 1.94. The molecule has 19 heavy (non-hydrogen) atoms. The third-order valence-electron chi connectivity index (χ3n) is 4.45. The van der Waals surface area contributed by atoms with Gasteiger partial charge in [0.2, 0.25) is 0 Å². The Bertz CT molecular complexity index is 474. The third kappa shape index (κ3) is 2.48. The predicted octanol–water partition coefficient (Wildman–Crippen LogP) is 1.80. The number of nitrogens with zero attached hydrogens (tertiary/aromatic N) is 2. The van der Waals surface area contributed by atoms with Crippen LogP contribution in [0.25, 0.3) is 0 Å². The molecule has 0 bridgehead atoms. The Hall–Kier alpha value is -1.46. The minimum absolute atomic E-state index is 0.133. The molecule has 0 amide bonds. The maximum Gasteiger partial charge on any atom is 0.269 e. The topological polar surface area (TPSA) is 66.6 Å². The smallest absolute Gasteiger partial charge is 0.269 e. The van der Waals surface area contributed by atoms with Crippen LogP contribution in [0.1, 0.15) is 18.4 Å². The van der Waals surface area contributed by atoms with Gasteiger partial charge in [0, 0.05) is 37.7 Å². The normalized spacial score (nSPS) is 30.5. The molecule has 1 saturated heterocycles. The van der Waals surface area contributed by atoms with Crippen LogP contribution in [0.5, 0.6) is 0 Å². The highest BCUT2D eigenvalue weighted by atomic mass is 16.6. The molecule has 1 heterocycles. The van der Waals surface area contributed by atoms with Gasteiger partial charge in [0.1, 0.15) is 0 Å². The summed E-state index contributed by atoms with van der Waals surface area (Å²) in [5, 5.41) is 20.5. The molecular formula is C14H18N2O3.